The van der Waals surface area contributed by atoms with E-state index in [0.29, 0.717) is 18.8 Å². The van der Waals surface area contributed by atoms with Crippen LogP contribution in [0.1, 0.15) is 22.8 Å². The Morgan fingerprint density at radius 2 is 1.67 bits per heavy atom. The van der Waals surface area contributed by atoms with E-state index in [1.165, 1.54) is 31.2 Å². The molecule has 1 amide bonds. The normalized spacial score (nSPS) is 16.4. The Kier molecular flexibility index (Phi) is 5.41. The summed E-state index contributed by atoms with van der Waals surface area (Å²) in [6.45, 7) is 4.27. The minimum absolute atomic E-state index is 0.287. The highest BCUT2D eigenvalue weighted by atomic mass is 19.1. The summed E-state index contributed by atoms with van der Waals surface area (Å²) >= 11 is 0. The standard InChI is InChI=1S/C20H21FN2O4/c1-20(19(25)26,15-4-6-16(21)7-5-15)22-18(24)14-2-8-17(9-3-14)23-10-12-27-13-11-23/h2-9H,10-13H2,1H3,(H,22,24)(H,25,26). The van der Waals surface area contributed by atoms with E-state index in [9.17, 15) is 19.1 Å². The molecule has 0 saturated carbocycles. The van der Waals surface area contributed by atoms with E-state index < -0.39 is 23.2 Å². The number of hydrogen-bond donors (Lipinski definition) is 2. The van der Waals surface area contributed by atoms with Gasteiger partial charge in [0.25, 0.3) is 5.91 Å². The van der Waals surface area contributed by atoms with Gasteiger partial charge in [0.05, 0.1) is 13.2 Å². The Labute approximate surface area is 156 Å². The molecule has 2 aromatic rings. The van der Waals surface area contributed by atoms with Gasteiger partial charge in [-0.3, -0.25) is 4.79 Å². The SMILES string of the molecule is CC(NC(=O)c1ccc(N2CCOCC2)cc1)(C(=O)O)c1ccc(F)cc1. The first-order chi connectivity index (χ1) is 12.9. The zero-order chi connectivity index (χ0) is 19.4. The number of halogens is 1. The summed E-state index contributed by atoms with van der Waals surface area (Å²) in [5.41, 5.74) is -0.0566. The predicted octanol–water partition coefficient (Wildman–Crippen LogP) is 2.39. The number of ether oxygens (including phenoxy) is 1. The van der Waals surface area contributed by atoms with Gasteiger partial charge in [-0.1, -0.05) is 12.1 Å². The lowest BCUT2D eigenvalue weighted by molar-refractivity contribution is -0.144. The van der Waals surface area contributed by atoms with Crippen LogP contribution in [0, 0.1) is 5.82 Å². The van der Waals surface area contributed by atoms with Gasteiger partial charge in [-0.05, 0) is 48.9 Å². The van der Waals surface area contributed by atoms with Crippen molar-refractivity contribution in [2.45, 2.75) is 12.5 Å². The van der Waals surface area contributed by atoms with E-state index in [-0.39, 0.29) is 5.56 Å². The number of nitrogens with zero attached hydrogens (tertiary/aromatic N) is 1. The molecule has 1 unspecified atom stereocenters. The Balaban J connectivity index is 1.77. The highest BCUT2D eigenvalue weighted by Crippen LogP contribution is 2.23. The number of morpholine rings is 1. The molecule has 1 aliphatic rings. The summed E-state index contributed by atoms with van der Waals surface area (Å²) < 4.78 is 18.5. The third-order valence-electron chi connectivity index (χ3n) is 4.72. The number of hydrogen-bond acceptors (Lipinski definition) is 4. The molecule has 1 atom stereocenters. The molecular formula is C20H21FN2O4. The molecule has 3 rings (SSSR count). The van der Waals surface area contributed by atoms with Crippen molar-refractivity contribution < 1.29 is 23.8 Å². The largest absolute Gasteiger partial charge is 0.479 e. The van der Waals surface area contributed by atoms with Crippen LogP contribution in [-0.4, -0.2) is 43.3 Å². The highest BCUT2D eigenvalue weighted by molar-refractivity contribution is 5.98. The fourth-order valence-electron chi connectivity index (χ4n) is 2.98. The quantitative estimate of drug-likeness (QED) is 0.843. The van der Waals surface area contributed by atoms with Crippen LogP contribution in [0.3, 0.4) is 0 Å². The van der Waals surface area contributed by atoms with Crippen molar-refractivity contribution in [3.63, 3.8) is 0 Å². The third-order valence-corrected chi connectivity index (χ3v) is 4.72. The van der Waals surface area contributed by atoms with Crippen LogP contribution in [0.25, 0.3) is 0 Å². The maximum absolute atomic E-state index is 13.1. The van der Waals surface area contributed by atoms with Gasteiger partial charge in [0.15, 0.2) is 5.54 Å². The number of carbonyl (C=O) groups is 2. The fraction of sp³-hybridized carbons (Fsp3) is 0.300. The number of aliphatic carboxylic acids is 1. The van der Waals surface area contributed by atoms with Gasteiger partial charge in [0.2, 0.25) is 0 Å². The van der Waals surface area contributed by atoms with Gasteiger partial charge in [0.1, 0.15) is 5.82 Å². The maximum Gasteiger partial charge on any atom is 0.333 e. The topological polar surface area (TPSA) is 78.9 Å². The number of anilines is 1. The number of rotatable bonds is 5. The molecule has 7 heteroatoms. The molecule has 1 heterocycles. The highest BCUT2D eigenvalue weighted by Gasteiger charge is 2.37. The summed E-state index contributed by atoms with van der Waals surface area (Å²) in [5.74, 6) is -2.22. The number of carbonyl (C=O) groups excluding carboxylic acids is 1. The predicted molar refractivity (Wildman–Crippen MR) is 98.3 cm³/mol. The molecule has 0 radical (unpaired) electrons. The molecule has 1 fully saturated rings. The lowest BCUT2D eigenvalue weighted by atomic mass is 9.91. The summed E-state index contributed by atoms with van der Waals surface area (Å²) in [7, 11) is 0. The fourth-order valence-corrected chi connectivity index (χ4v) is 2.98. The van der Waals surface area contributed by atoms with Gasteiger partial charge < -0.3 is 20.1 Å². The van der Waals surface area contributed by atoms with Crippen molar-refractivity contribution in [1.29, 1.82) is 0 Å². The summed E-state index contributed by atoms with van der Waals surface area (Å²) in [6.07, 6.45) is 0. The Morgan fingerprint density at radius 3 is 2.22 bits per heavy atom. The summed E-state index contributed by atoms with van der Waals surface area (Å²) in [6, 6.07) is 12.0. The molecule has 0 spiro atoms. The zero-order valence-electron chi connectivity index (χ0n) is 14.9. The number of benzene rings is 2. The number of nitrogens with one attached hydrogen (secondary N) is 1. The van der Waals surface area contributed by atoms with Crippen molar-refractivity contribution >= 4 is 17.6 Å². The molecule has 27 heavy (non-hydrogen) atoms. The van der Waals surface area contributed by atoms with Gasteiger partial charge in [0, 0.05) is 24.3 Å². The number of amides is 1. The van der Waals surface area contributed by atoms with Gasteiger partial charge in [-0.2, -0.15) is 0 Å². The first kappa shape index (κ1) is 18.8. The average Bonchev–Trinajstić information content (AvgIpc) is 2.69. The second kappa shape index (κ2) is 7.75. The molecule has 2 N–H and O–H groups in total. The second-order valence-corrected chi connectivity index (χ2v) is 6.54. The zero-order valence-corrected chi connectivity index (χ0v) is 14.9. The smallest absolute Gasteiger partial charge is 0.333 e. The minimum atomic E-state index is -1.67. The van der Waals surface area contributed by atoms with Crippen molar-refractivity contribution in [2.24, 2.45) is 0 Å². The minimum Gasteiger partial charge on any atom is -0.479 e. The van der Waals surface area contributed by atoms with Gasteiger partial charge in [-0.25, -0.2) is 9.18 Å². The molecule has 2 aromatic carbocycles. The molecule has 1 aliphatic heterocycles. The average molecular weight is 372 g/mol. The van der Waals surface area contributed by atoms with Crippen LogP contribution >= 0.6 is 0 Å². The molecule has 1 saturated heterocycles. The van der Waals surface area contributed by atoms with E-state index in [1.807, 2.05) is 12.1 Å². The monoisotopic (exact) mass is 372 g/mol. The molecule has 0 bridgehead atoms. The lowest BCUT2D eigenvalue weighted by Crippen LogP contribution is -2.49. The van der Waals surface area contributed by atoms with E-state index >= 15 is 0 Å². The van der Waals surface area contributed by atoms with Gasteiger partial charge >= 0.3 is 5.97 Å². The van der Waals surface area contributed by atoms with Crippen molar-refractivity contribution in [3.05, 3.63) is 65.5 Å². The van der Waals surface area contributed by atoms with Crippen molar-refractivity contribution in [1.82, 2.24) is 5.32 Å². The van der Waals surface area contributed by atoms with E-state index in [0.717, 1.165) is 18.8 Å². The molecular weight excluding hydrogens is 351 g/mol. The Hall–Kier alpha value is -2.93. The van der Waals surface area contributed by atoms with Crippen LogP contribution in [0.5, 0.6) is 0 Å². The summed E-state index contributed by atoms with van der Waals surface area (Å²) in [4.78, 5) is 26.6. The molecule has 0 aliphatic carbocycles. The Morgan fingerprint density at radius 1 is 1.07 bits per heavy atom. The van der Waals surface area contributed by atoms with E-state index in [1.54, 1.807) is 12.1 Å². The van der Waals surface area contributed by atoms with Crippen molar-refractivity contribution in [3.8, 4) is 0 Å². The lowest BCUT2D eigenvalue weighted by Gasteiger charge is -2.29. The first-order valence-corrected chi connectivity index (χ1v) is 8.65. The molecule has 142 valence electrons. The van der Waals surface area contributed by atoms with Gasteiger partial charge in [-0.15, -0.1) is 0 Å². The van der Waals surface area contributed by atoms with Crippen LogP contribution in [0.4, 0.5) is 10.1 Å². The van der Waals surface area contributed by atoms with Crippen LogP contribution in [0.2, 0.25) is 0 Å². The number of carboxylic acid groups (broad SMARTS) is 1. The summed E-state index contributed by atoms with van der Waals surface area (Å²) in [5, 5.41) is 12.2. The second-order valence-electron chi connectivity index (χ2n) is 6.54. The van der Waals surface area contributed by atoms with E-state index in [4.69, 9.17) is 4.74 Å². The van der Waals surface area contributed by atoms with Crippen molar-refractivity contribution in [2.75, 3.05) is 31.2 Å². The first-order valence-electron chi connectivity index (χ1n) is 8.65. The Bertz CT molecular complexity index is 817. The van der Waals surface area contributed by atoms with Crippen LogP contribution < -0.4 is 10.2 Å². The van der Waals surface area contributed by atoms with Crippen LogP contribution in [-0.2, 0) is 15.1 Å². The van der Waals surface area contributed by atoms with Crippen LogP contribution in [0.15, 0.2) is 48.5 Å². The molecule has 0 aromatic heterocycles. The third kappa shape index (κ3) is 4.09. The molecule has 6 nitrogen and oxygen atoms in total. The number of carboxylic acids is 1. The van der Waals surface area contributed by atoms with E-state index in [2.05, 4.69) is 10.2 Å². The maximum atomic E-state index is 13.1.